The Morgan fingerprint density at radius 1 is 1.22 bits per heavy atom. The van der Waals surface area contributed by atoms with Gasteiger partial charge in [0, 0.05) is 45.2 Å². The number of hydrogen-bond donors (Lipinski definition) is 0. The van der Waals surface area contributed by atoms with E-state index in [0.717, 1.165) is 77.7 Å². The Hall–Kier alpha value is -1.58. The first-order valence-electron chi connectivity index (χ1n) is 10.3. The molecule has 0 unspecified atom stereocenters. The van der Waals surface area contributed by atoms with Crippen molar-refractivity contribution < 1.29 is 9.53 Å². The fourth-order valence-electron chi connectivity index (χ4n) is 4.01. The molecule has 0 saturated carbocycles. The third-order valence-electron chi connectivity index (χ3n) is 5.68. The van der Waals surface area contributed by atoms with Crippen molar-refractivity contribution in [1.29, 1.82) is 0 Å². The van der Waals surface area contributed by atoms with Crippen LogP contribution in [-0.2, 0) is 22.6 Å². The third-order valence-corrected chi connectivity index (χ3v) is 5.68. The molecule has 3 heterocycles. The standard InChI is InChI=1S/C18H33N7O2/c1-3-23(4-2)16-7-9-24(14-16)18(26)6-5-8-25-17(19-20-21-25)15-22-10-12-27-13-11-22/h16H,3-15H2,1-2H3/t16-/m1/s1. The Kier molecular flexibility index (Phi) is 7.54. The highest BCUT2D eigenvalue weighted by molar-refractivity contribution is 5.76. The van der Waals surface area contributed by atoms with Gasteiger partial charge in [0.2, 0.25) is 5.91 Å². The van der Waals surface area contributed by atoms with Crippen LogP contribution in [-0.4, -0.2) is 99.3 Å². The molecule has 1 atom stereocenters. The van der Waals surface area contributed by atoms with Crippen LogP contribution in [0.25, 0.3) is 0 Å². The first-order valence-corrected chi connectivity index (χ1v) is 10.3. The van der Waals surface area contributed by atoms with Crippen LogP contribution < -0.4 is 0 Å². The highest BCUT2D eigenvalue weighted by atomic mass is 16.5. The predicted molar refractivity (Wildman–Crippen MR) is 101 cm³/mol. The van der Waals surface area contributed by atoms with Crippen molar-refractivity contribution in [2.45, 2.75) is 52.2 Å². The van der Waals surface area contributed by atoms with Crippen molar-refractivity contribution in [3.05, 3.63) is 5.82 Å². The normalized spacial score (nSPS) is 21.3. The molecular weight excluding hydrogens is 346 g/mol. The molecule has 2 aliphatic rings. The Labute approximate surface area is 161 Å². The lowest BCUT2D eigenvalue weighted by molar-refractivity contribution is -0.130. The summed E-state index contributed by atoms with van der Waals surface area (Å²) < 4.78 is 7.22. The van der Waals surface area contributed by atoms with E-state index >= 15 is 0 Å². The monoisotopic (exact) mass is 379 g/mol. The lowest BCUT2D eigenvalue weighted by Gasteiger charge is -2.26. The van der Waals surface area contributed by atoms with E-state index in [2.05, 4.69) is 39.2 Å². The summed E-state index contributed by atoms with van der Waals surface area (Å²) in [6.07, 6.45) is 2.42. The quantitative estimate of drug-likeness (QED) is 0.607. The second kappa shape index (κ2) is 10.1. The van der Waals surface area contributed by atoms with Gasteiger partial charge in [-0.05, 0) is 36.4 Å². The molecule has 0 N–H and O–H groups in total. The first kappa shape index (κ1) is 20.2. The summed E-state index contributed by atoms with van der Waals surface area (Å²) in [4.78, 5) is 19.3. The van der Waals surface area contributed by atoms with Crippen molar-refractivity contribution in [2.75, 3.05) is 52.5 Å². The minimum atomic E-state index is 0.257. The van der Waals surface area contributed by atoms with Gasteiger partial charge in [-0.25, -0.2) is 4.68 Å². The lowest BCUT2D eigenvalue weighted by atomic mass is 10.2. The van der Waals surface area contributed by atoms with Gasteiger partial charge < -0.3 is 9.64 Å². The number of nitrogens with zero attached hydrogens (tertiary/aromatic N) is 7. The van der Waals surface area contributed by atoms with Gasteiger partial charge >= 0.3 is 0 Å². The maximum atomic E-state index is 12.5. The zero-order chi connectivity index (χ0) is 19.1. The molecule has 1 aromatic heterocycles. The number of rotatable bonds is 9. The molecule has 2 aliphatic heterocycles. The number of carbonyl (C=O) groups is 1. The molecule has 1 aromatic rings. The Morgan fingerprint density at radius 3 is 2.74 bits per heavy atom. The number of carbonyl (C=O) groups excluding carboxylic acids is 1. The van der Waals surface area contributed by atoms with Gasteiger partial charge in [0.1, 0.15) is 0 Å². The summed E-state index contributed by atoms with van der Waals surface area (Å²) in [5, 5.41) is 12.1. The molecule has 0 aromatic carbocycles. The molecule has 3 rings (SSSR count). The van der Waals surface area contributed by atoms with Crippen molar-refractivity contribution in [3.8, 4) is 0 Å². The van der Waals surface area contributed by atoms with Crippen LogP contribution in [0.5, 0.6) is 0 Å². The topological polar surface area (TPSA) is 79.6 Å². The van der Waals surface area contributed by atoms with E-state index < -0.39 is 0 Å². The van der Waals surface area contributed by atoms with Gasteiger partial charge in [0.15, 0.2) is 5.82 Å². The SMILES string of the molecule is CCN(CC)[C@@H]1CCN(C(=O)CCCn2nnnc2CN2CCOCC2)C1. The van der Waals surface area contributed by atoms with Crippen LogP contribution in [0.2, 0.25) is 0 Å². The molecule has 2 saturated heterocycles. The van der Waals surface area contributed by atoms with Gasteiger partial charge in [-0.3, -0.25) is 14.6 Å². The first-order chi connectivity index (χ1) is 13.2. The van der Waals surface area contributed by atoms with Gasteiger partial charge in [-0.2, -0.15) is 0 Å². The summed E-state index contributed by atoms with van der Waals surface area (Å²) in [5.74, 6) is 1.12. The van der Waals surface area contributed by atoms with E-state index in [1.54, 1.807) is 0 Å². The fraction of sp³-hybridized carbons (Fsp3) is 0.889. The Morgan fingerprint density at radius 2 is 2.00 bits per heavy atom. The molecular formula is C18H33N7O2. The highest BCUT2D eigenvalue weighted by Crippen LogP contribution is 2.17. The zero-order valence-corrected chi connectivity index (χ0v) is 16.7. The van der Waals surface area contributed by atoms with Crippen molar-refractivity contribution in [2.24, 2.45) is 0 Å². The number of aromatic nitrogens is 4. The molecule has 0 spiro atoms. The third kappa shape index (κ3) is 5.46. The Balaban J connectivity index is 1.41. The number of ether oxygens (including phenoxy) is 1. The van der Waals surface area contributed by atoms with E-state index in [-0.39, 0.29) is 5.91 Å². The van der Waals surface area contributed by atoms with E-state index in [9.17, 15) is 4.79 Å². The van der Waals surface area contributed by atoms with Crippen LogP contribution in [0.15, 0.2) is 0 Å². The van der Waals surface area contributed by atoms with Crippen molar-refractivity contribution in [3.63, 3.8) is 0 Å². The summed E-state index contributed by atoms with van der Waals surface area (Å²) >= 11 is 0. The van der Waals surface area contributed by atoms with E-state index in [1.807, 2.05) is 9.58 Å². The molecule has 0 bridgehead atoms. The van der Waals surface area contributed by atoms with Crippen molar-refractivity contribution >= 4 is 5.91 Å². The smallest absolute Gasteiger partial charge is 0.222 e. The van der Waals surface area contributed by atoms with E-state index in [1.165, 1.54) is 0 Å². The number of likely N-dealkylation sites (N-methyl/N-ethyl adjacent to an activating group) is 1. The summed E-state index contributed by atoms with van der Waals surface area (Å²) in [6.45, 7) is 13.0. The fourth-order valence-corrected chi connectivity index (χ4v) is 4.01. The van der Waals surface area contributed by atoms with Crippen LogP contribution in [0.1, 0.15) is 38.9 Å². The molecule has 152 valence electrons. The Bertz CT molecular complexity index is 584. The number of aryl methyl sites for hydroxylation is 1. The van der Waals surface area contributed by atoms with Gasteiger partial charge in [-0.1, -0.05) is 13.8 Å². The van der Waals surface area contributed by atoms with Crippen LogP contribution >= 0.6 is 0 Å². The maximum absolute atomic E-state index is 12.5. The van der Waals surface area contributed by atoms with Gasteiger partial charge in [0.05, 0.1) is 19.8 Å². The number of likely N-dealkylation sites (tertiary alicyclic amines) is 1. The molecule has 9 heteroatoms. The van der Waals surface area contributed by atoms with Crippen LogP contribution in [0.3, 0.4) is 0 Å². The predicted octanol–water partition coefficient (Wildman–Crippen LogP) is 0.228. The summed E-state index contributed by atoms with van der Waals surface area (Å²) in [7, 11) is 0. The average Bonchev–Trinajstić information content (AvgIpc) is 3.34. The zero-order valence-electron chi connectivity index (χ0n) is 16.7. The minimum absolute atomic E-state index is 0.257. The molecule has 9 nitrogen and oxygen atoms in total. The lowest BCUT2D eigenvalue weighted by Crippen LogP contribution is -2.38. The largest absolute Gasteiger partial charge is 0.379 e. The number of tetrazole rings is 1. The maximum Gasteiger partial charge on any atom is 0.222 e. The highest BCUT2D eigenvalue weighted by Gasteiger charge is 2.28. The van der Waals surface area contributed by atoms with E-state index in [0.29, 0.717) is 19.0 Å². The van der Waals surface area contributed by atoms with Crippen LogP contribution in [0.4, 0.5) is 0 Å². The van der Waals surface area contributed by atoms with Crippen LogP contribution in [0, 0.1) is 0 Å². The molecule has 2 fully saturated rings. The molecule has 1 amide bonds. The van der Waals surface area contributed by atoms with Gasteiger partial charge in [0.25, 0.3) is 0 Å². The van der Waals surface area contributed by atoms with Crippen molar-refractivity contribution in [1.82, 2.24) is 34.9 Å². The summed E-state index contributed by atoms with van der Waals surface area (Å²) in [5.41, 5.74) is 0. The second-order valence-electron chi connectivity index (χ2n) is 7.31. The van der Waals surface area contributed by atoms with E-state index in [4.69, 9.17) is 4.74 Å². The second-order valence-corrected chi connectivity index (χ2v) is 7.31. The number of hydrogen-bond acceptors (Lipinski definition) is 7. The van der Waals surface area contributed by atoms with Gasteiger partial charge in [-0.15, -0.1) is 5.10 Å². The number of morpholine rings is 1. The molecule has 0 radical (unpaired) electrons. The molecule has 0 aliphatic carbocycles. The summed E-state index contributed by atoms with van der Waals surface area (Å²) in [6, 6.07) is 0.517. The number of amides is 1. The minimum Gasteiger partial charge on any atom is -0.379 e. The molecule has 27 heavy (non-hydrogen) atoms. The average molecular weight is 380 g/mol.